The summed E-state index contributed by atoms with van der Waals surface area (Å²) in [5.74, 6) is 1.08. The molecule has 0 aliphatic rings. The number of nitrogens with zero attached hydrogens (tertiary/aromatic N) is 2. The summed E-state index contributed by atoms with van der Waals surface area (Å²) in [4.78, 5) is 10.7. The Labute approximate surface area is 79.2 Å². The van der Waals surface area contributed by atoms with Gasteiger partial charge >= 0.3 is 0 Å². The second kappa shape index (κ2) is 2.99. The molecule has 2 aromatic rings. The molecule has 0 atom stereocenters. The van der Waals surface area contributed by atoms with Crippen molar-refractivity contribution in [2.75, 3.05) is 0 Å². The first kappa shape index (κ1) is 7.95. The molecule has 2 heterocycles. The molecule has 0 fully saturated rings. The Morgan fingerprint density at radius 3 is 3.17 bits per heavy atom. The molecular formula is C8H7ClN2S. The van der Waals surface area contributed by atoms with Crippen molar-refractivity contribution in [3.63, 3.8) is 0 Å². The van der Waals surface area contributed by atoms with Crippen LogP contribution in [-0.2, 0) is 5.88 Å². The second-order valence-corrected chi connectivity index (χ2v) is 4.04. The minimum Gasteiger partial charge on any atom is -0.239 e. The molecule has 0 N–H and O–H groups in total. The van der Waals surface area contributed by atoms with Gasteiger partial charge in [-0.1, -0.05) is 0 Å². The largest absolute Gasteiger partial charge is 0.239 e. The van der Waals surface area contributed by atoms with E-state index in [4.69, 9.17) is 11.6 Å². The van der Waals surface area contributed by atoms with Gasteiger partial charge in [-0.2, -0.15) is 0 Å². The molecule has 0 bridgehead atoms. The van der Waals surface area contributed by atoms with E-state index >= 15 is 0 Å². The van der Waals surface area contributed by atoms with Gasteiger partial charge in [0.15, 0.2) is 0 Å². The molecule has 0 unspecified atom stereocenters. The van der Waals surface area contributed by atoms with E-state index in [1.807, 2.05) is 6.20 Å². The number of thiophene rings is 1. The zero-order valence-electron chi connectivity index (χ0n) is 6.54. The summed E-state index contributed by atoms with van der Waals surface area (Å²) in [5, 5.41) is 1.10. The van der Waals surface area contributed by atoms with Crippen LogP contribution in [0.25, 0.3) is 10.2 Å². The van der Waals surface area contributed by atoms with Gasteiger partial charge in [-0.3, -0.25) is 0 Å². The second-order valence-electron chi connectivity index (χ2n) is 2.54. The molecule has 0 saturated carbocycles. The highest BCUT2D eigenvalue weighted by Gasteiger charge is 2.01. The van der Waals surface area contributed by atoms with Crippen LogP contribution in [0.1, 0.15) is 10.7 Å². The van der Waals surface area contributed by atoms with Gasteiger partial charge in [-0.25, -0.2) is 9.97 Å². The van der Waals surface area contributed by atoms with Crippen molar-refractivity contribution >= 4 is 33.2 Å². The highest BCUT2D eigenvalue weighted by atomic mass is 35.5. The van der Waals surface area contributed by atoms with Crippen LogP contribution in [0.3, 0.4) is 0 Å². The van der Waals surface area contributed by atoms with E-state index in [1.165, 1.54) is 4.88 Å². The van der Waals surface area contributed by atoms with E-state index in [0.29, 0.717) is 11.7 Å². The number of halogens is 1. The molecule has 0 aromatic carbocycles. The third kappa shape index (κ3) is 1.30. The number of hydrogen-bond acceptors (Lipinski definition) is 3. The van der Waals surface area contributed by atoms with Crippen LogP contribution in [0.4, 0.5) is 0 Å². The van der Waals surface area contributed by atoms with Crippen molar-refractivity contribution in [1.82, 2.24) is 9.97 Å². The van der Waals surface area contributed by atoms with Gasteiger partial charge in [0.05, 0.1) is 5.88 Å². The van der Waals surface area contributed by atoms with Crippen molar-refractivity contribution in [3.8, 4) is 0 Å². The molecule has 2 nitrogen and oxygen atoms in total. The summed E-state index contributed by atoms with van der Waals surface area (Å²) in [6, 6.07) is 2.08. The number of rotatable bonds is 1. The molecule has 0 aliphatic heterocycles. The van der Waals surface area contributed by atoms with E-state index in [1.54, 1.807) is 11.3 Å². The molecule has 2 rings (SSSR count). The first-order chi connectivity index (χ1) is 5.79. The number of fused-ring (bicyclic) bond motifs is 1. The minimum absolute atomic E-state index is 0.382. The van der Waals surface area contributed by atoms with Crippen LogP contribution >= 0.6 is 22.9 Å². The maximum absolute atomic E-state index is 5.61. The lowest BCUT2D eigenvalue weighted by molar-refractivity contribution is 1.07. The highest BCUT2D eigenvalue weighted by molar-refractivity contribution is 7.18. The Hall–Kier alpha value is -0.670. The molecule has 62 valence electrons. The molecule has 0 radical (unpaired) electrons. The zero-order valence-corrected chi connectivity index (χ0v) is 8.11. The van der Waals surface area contributed by atoms with Crippen molar-refractivity contribution in [2.24, 2.45) is 0 Å². The van der Waals surface area contributed by atoms with Gasteiger partial charge in [-0.05, 0) is 13.0 Å². The van der Waals surface area contributed by atoms with Crippen LogP contribution < -0.4 is 0 Å². The topological polar surface area (TPSA) is 25.8 Å². The summed E-state index contributed by atoms with van der Waals surface area (Å²) in [5.41, 5.74) is 0. The molecule has 0 amide bonds. The molecule has 2 aromatic heterocycles. The smallest absolute Gasteiger partial charge is 0.144 e. The van der Waals surface area contributed by atoms with E-state index in [9.17, 15) is 0 Å². The minimum atomic E-state index is 0.382. The Bertz CT molecular complexity index is 410. The Morgan fingerprint density at radius 1 is 1.58 bits per heavy atom. The summed E-state index contributed by atoms with van der Waals surface area (Å²) < 4.78 is 0. The number of alkyl halides is 1. The number of aryl methyl sites for hydroxylation is 1. The van der Waals surface area contributed by atoms with Crippen LogP contribution in [0.15, 0.2) is 12.3 Å². The maximum atomic E-state index is 5.61. The fourth-order valence-corrected chi connectivity index (χ4v) is 2.06. The van der Waals surface area contributed by atoms with Crippen LogP contribution in [-0.4, -0.2) is 9.97 Å². The van der Waals surface area contributed by atoms with Gasteiger partial charge in [0.1, 0.15) is 10.7 Å². The van der Waals surface area contributed by atoms with Gasteiger partial charge < -0.3 is 0 Å². The molecular weight excluding hydrogens is 192 g/mol. The van der Waals surface area contributed by atoms with Crippen molar-refractivity contribution in [1.29, 1.82) is 0 Å². The van der Waals surface area contributed by atoms with E-state index in [0.717, 1.165) is 10.2 Å². The Morgan fingerprint density at radius 2 is 2.42 bits per heavy atom. The van der Waals surface area contributed by atoms with Crippen LogP contribution in [0.2, 0.25) is 0 Å². The predicted molar refractivity (Wildman–Crippen MR) is 51.7 cm³/mol. The Kier molecular flexibility index (Phi) is 1.98. The van der Waals surface area contributed by atoms with Gasteiger partial charge in [0, 0.05) is 16.5 Å². The number of hydrogen-bond donors (Lipinski definition) is 0. The lowest BCUT2D eigenvalue weighted by atomic mass is 10.4. The van der Waals surface area contributed by atoms with Crippen molar-refractivity contribution in [3.05, 3.63) is 23.0 Å². The number of aromatic nitrogens is 2. The molecule has 0 spiro atoms. The third-order valence-electron chi connectivity index (χ3n) is 1.57. The SMILES string of the molecule is Cc1cc2cnc(CCl)nc2s1. The van der Waals surface area contributed by atoms with E-state index in [2.05, 4.69) is 23.0 Å². The van der Waals surface area contributed by atoms with Crippen molar-refractivity contribution < 1.29 is 0 Å². The maximum Gasteiger partial charge on any atom is 0.144 e. The molecule has 4 heteroatoms. The monoisotopic (exact) mass is 198 g/mol. The summed E-state index contributed by atoms with van der Waals surface area (Å²) in [7, 11) is 0. The predicted octanol–water partition coefficient (Wildman–Crippen LogP) is 2.74. The highest BCUT2D eigenvalue weighted by Crippen LogP contribution is 2.22. The summed E-state index contributed by atoms with van der Waals surface area (Å²) in [6.07, 6.45) is 1.82. The lowest BCUT2D eigenvalue weighted by Gasteiger charge is -1.91. The fourth-order valence-electron chi connectivity index (χ4n) is 1.06. The fraction of sp³-hybridized carbons (Fsp3) is 0.250. The van der Waals surface area contributed by atoms with E-state index < -0.39 is 0 Å². The normalized spacial score (nSPS) is 10.8. The van der Waals surface area contributed by atoms with Crippen LogP contribution in [0, 0.1) is 6.92 Å². The summed E-state index contributed by atoms with van der Waals surface area (Å²) >= 11 is 7.29. The first-order valence-electron chi connectivity index (χ1n) is 3.57. The Balaban J connectivity index is 2.66. The lowest BCUT2D eigenvalue weighted by Crippen LogP contribution is -1.87. The van der Waals surface area contributed by atoms with Gasteiger partial charge in [0.25, 0.3) is 0 Å². The first-order valence-corrected chi connectivity index (χ1v) is 4.93. The van der Waals surface area contributed by atoms with Crippen LogP contribution in [0.5, 0.6) is 0 Å². The quantitative estimate of drug-likeness (QED) is 0.659. The third-order valence-corrected chi connectivity index (χ3v) is 2.77. The standard InChI is InChI=1S/C8H7ClN2S/c1-5-2-6-4-10-7(3-9)11-8(6)12-5/h2,4H,3H2,1H3. The van der Waals surface area contributed by atoms with E-state index in [-0.39, 0.29) is 0 Å². The molecule has 12 heavy (non-hydrogen) atoms. The van der Waals surface area contributed by atoms with Crippen molar-refractivity contribution in [2.45, 2.75) is 12.8 Å². The zero-order chi connectivity index (χ0) is 8.55. The average Bonchev–Trinajstić information content (AvgIpc) is 2.43. The molecule has 0 saturated heterocycles. The van der Waals surface area contributed by atoms with Gasteiger partial charge in [0.2, 0.25) is 0 Å². The molecule has 0 aliphatic carbocycles. The summed E-state index contributed by atoms with van der Waals surface area (Å²) in [6.45, 7) is 2.06. The van der Waals surface area contributed by atoms with Gasteiger partial charge in [-0.15, -0.1) is 22.9 Å². The average molecular weight is 199 g/mol.